The van der Waals surface area contributed by atoms with Gasteiger partial charge in [-0.2, -0.15) is 0 Å². The van der Waals surface area contributed by atoms with E-state index >= 15 is 0 Å². The predicted molar refractivity (Wildman–Crippen MR) is 196 cm³/mol. The van der Waals surface area contributed by atoms with E-state index in [2.05, 4.69) is 10.6 Å². The molecular weight excluding hydrogens is 668 g/mol. The van der Waals surface area contributed by atoms with Gasteiger partial charge in [0.2, 0.25) is 28.9 Å². The van der Waals surface area contributed by atoms with Crippen molar-refractivity contribution in [2.75, 3.05) is 40.9 Å². The van der Waals surface area contributed by atoms with Gasteiger partial charge in [0, 0.05) is 25.5 Å². The zero-order valence-corrected chi connectivity index (χ0v) is 31.0. The third-order valence-electron chi connectivity index (χ3n) is 9.70. The van der Waals surface area contributed by atoms with Gasteiger partial charge in [-0.15, -0.1) is 0 Å². The van der Waals surface area contributed by atoms with Gasteiger partial charge in [-0.3, -0.25) is 19.2 Å². The number of nitrogens with two attached hydrogens (primary N) is 1. The highest BCUT2D eigenvalue weighted by atomic mass is 16.5. The molecule has 0 fully saturated rings. The van der Waals surface area contributed by atoms with Crippen LogP contribution in [0.2, 0.25) is 0 Å². The third kappa shape index (κ3) is 7.44. The number of benzene rings is 2. The van der Waals surface area contributed by atoms with Crippen LogP contribution in [0.25, 0.3) is 11.1 Å². The van der Waals surface area contributed by atoms with E-state index in [1.54, 1.807) is 31.4 Å². The molecule has 0 aromatic heterocycles. The summed E-state index contributed by atoms with van der Waals surface area (Å²) in [6.45, 7) is 5.50. The van der Waals surface area contributed by atoms with Crippen LogP contribution in [0.1, 0.15) is 61.9 Å². The lowest BCUT2D eigenvalue weighted by atomic mass is 9.91. The Morgan fingerprint density at radius 3 is 2.08 bits per heavy atom. The summed E-state index contributed by atoms with van der Waals surface area (Å²) in [4.78, 5) is 55.3. The lowest BCUT2D eigenvalue weighted by Crippen LogP contribution is -2.55. The summed E-state index contributed by atoms with van der Waals surface area (Å²) in [5, 5.41) is 6.26. The normalized spacial score (nSPS) is 16.7. The fourth-order valence-corrected chi connectivity index (χ4v) is 7.31. The molecule has 0 saturated heterocycles. The van der Waals surface area contributed by atoms with Crippen molar-refractivity contribution in [1.29, 1.82) is 0 Å². The molecule has 1 aliphatic carbocycles. The van der Waals surface area contributed by atoms with Crippen LogP contribution in [-0.4, -0.2) is 70.3 Å². The van der Waals surface area contributed by atoms with Crippen molar-refractivity contribution in [2.24, 2.45) is 11.7 Å². The van der Waals surface area contributed by atoms with Gasteiger partial charge in [-0.25, -0.2) is 0 Å². The molecule has 4 N–H and O–H groups in total. The fourth-order valence-electron chi connectivity index (χ4n) is 7.31. The predicted octanol–water partition coefficient (Wildman–Crippen LogP) is 4.15. The van der Waals surface area contributed by atoms with Gasteiger partial charge in [-0.05, 0) is 83.3 Å². The molecule has 5 rings (SSSR count). The number of primary amides is 1. The van der Waals surface area contributed by atoms with Crippen LogP contribution in [0.5, 0.6) is 28.7 Å². The van der Waals surface area contributed by atoms with E-state index in [1.165, 1.54) is 46.3 Å². The van der Waals surface area contributed by atoms with Gasteiger partial charge in [0.1, 0.15) is 12.1 Å². The molecule has 278 valence electrons. The van der Waals surface area contributed by atoms with Crippen LogP contribution in [0.4, 0.5) is 5.69 Å². The number of nitrogens with one attached hydrogen (secondary N) is 2. The summed E-state index contributed by atoms with van der Waals surface area (Å²) in [5.74, 6) is 1.12. The second-order valence-corrected chi connectivity index (χ2v) is 13.5. The van der Waals surface area contributed by atoms with Crippen molar-refractivity contribution >= 4 is 23.4 Å². The van der Waals surface area contributed by atoms with Crippen LogP contribution in [0.3, 0.4) is 0 Å². The quantitative estimate of drug-likeness (QED) is 0.248. The maximum absolute atomic E-state index is 14.5. The molecule has 1 heterocycles. The molecule has 13 heteroatoms. The molecule has 0 bridgehead atoms. The van der Waals surface area contributed by atoms with E-state index in [4.69, 9.17) is 29.4 Å². The SMILES string of the molecule is COc1cc2c(cc1OC)CN(C(=O)[C@@H](CC(C)C)Nc1ccc3c(cc1=O)[C@H](NC(C)=O)CCc1cc(OC)c(OC)c(OC)c1-3)[C@@H](C(N)=O)C2. The maximum atomic E-state index is 14.5. The Morgan fingerprint density at radius 2 is 1.50 bits per heavy atom. The fraction of sp³-hybridized carbons (Fsp3) is 0.436. The molecule has 3 atom stereocenters. The third-order valence-corrected chi connectivity index (χ3v) is 9.70. The largest absolute Gasteiger partial charge is 0.493 e. The maximum Gasteiger partial charge on any atom is 0.246 e. The van der Waals surface area contributed by atoms with Crippen molar-refractivity contribution in [3.05, 3.63) is 68.9 Å². The van der Waals surface area contributed by atoms with Gasteiger partial charge in [0.25, 0.3) is 0 Å². The first-order chi connectivity index (χ1) is 24.8. The first kappa shape index (κ1) is 37.8. The number of aryl methyl sites for hydroxylation is 1. The zero-order valence-electron chi connectivity index (χ0n) is 31.0. The number of nitrogens with zero attached hydrogens (tertiary/aromatic N) is 1. The molecular formula is C39H48N4O9. The summed E-state index contributed by atoms with van der Waals surface area (Å²) >= 11 is 0. The number of amides is 3. The van der Waals surface area contributed by atoms with Crippen molar-refractivity contribution < 1.29 is 38.1 Å². The van der Waals surface area contributed by atoms with Gasteiger partial charge in [0.15, 0.2) is 23.0 Å². The van der Waals surface area contributed by atoms with Gasteiger partial charge in [-0.1, -0.05) is 19.9 Å². The second kappa shape index (κ2) is 15.8. The number of anilines is 1. The van der Waals surface area contributed by atoms with Crippen LogP contribution < -0.4 is 45.5 Å². The van der Waals surface area contributed by atoms with Crippen LogP contribution in [0, 0.1) is 5.92 Å². The highest BCUT2D eigenvalue weighted by Gasteiger charge is 2.38. The number of fused-ring (bicyclic) bond motifs is 4. The van der Waals surface area contributed by atoms with Gasteiger partial charge < -0.3 is 45.0 Å². The summed E-state index contributed by atoms with van der Waals surface area (Å²) in [5.41, 5.74) is 10.2. The molecule has 0 saturated carbocycles. The number of methoxy groups -OCH3 is 5. The first-order valence-corrected chi connectivity index (χ1v) is 17.2. The standard InChI is InChI=1S/C39H48N4O9/c1-20(2)13-29(39(47)43-19-24-17-33(49-5)32(48-4)16-23(24)14-30(43)38(40)46)42-28-12-10-25-26(18-31(28)45)27(41-21(3)44)11-9-22-15-34(50-6)36(51-7)37(52-8)35(22)25/h10,12,15-18,20,27,29-30H,9,11,13-14,19H2,1-8H3,(H2,40,46)(H,41,44)(H,42,45)/t27-,29-,30-/m1/s1. The van der Waals surface area contributed by atoms with E-state index in [0.29, 0.717) is 64.7 Å². The minimum atomic E-state index is -0.918. The monoisotopic (exact) mass is 716 g/mol. The molecule has 1 aliphatic heterocycles. The van der Waals surface area contributed by atoms with Crippen LogP contribution in [-0.2, 0) is 33.8 Å². The summed E-state index contributed by atoms with van der Waals surface area (Å²) < 4.78 is 28.2. The number of hydrogen-bond donors (Lipinski definition) is 3. The Morgan fingerprint density at radius 1 is 0.865 bits per heavy atom. The number of carbonyl (C=O) groups is 3. The number of ether oxygens (including phenoxy) is 5. The highest BCUT2D eigenvalue weighted by Crippen LogP contribution is 2.50. The van der Waals surface area contributed by atoms with Crippen molar-refractivity contribution in [3.63, 3.8) is 0 Å². The molecule has 3 aromatic rings. The Hall–Kier alpha value is -5.46. The van der Waals surface area contributed by atoms with Gasteiger partial charge >= 0.3 is 0 Å². The first-order valence-electron chi connectivity index (χ1n) is 17.2. The molecule has 13 nitrogen and oxygen atoms in total. The summed E-state index contributed by atoms with van der Waals surface area (Å²) in [6.07, 6.45) is 1.61. The van der Waals surface area contributed by atoms with Crippen molar-refractivity contribution in [3.8, 4) is 39.9 Å². The average molecular weight is 717 g/mol. The molecule has 0 radical (unpaired) electrons. The van der Waals surface area contributed by atoms with E-state index < -0.39 is 24.0 Å². The minimum Gasteiger partial charge on any atom is -0.493 e. The second-order valence-electron chi connectivity index (χ2n) is 13.5. The summed E-state index contributed by atoms with van der Waals surface area (Å²) in [6, 6.07) is 8.15. The van der Waals surface area contributed by atoms with E-state index in [9.17, 15) is 19.2 Å². The Labute approximate surface area is 303 Å². The molecule has 52 heavy (non-hydrogen) atoms. The lowest BCUT2D eigenvalue weighted by Gasteiger charge is -2.38. The molecule has 2 aliphatic rings. The Kier molecular flexibility index (Phi) is 11.5. The number of rotatable bonds is 12. The highest BCUT2D eigenvalue weighted by molar-refractivity contribution is 5.91. The number of hydrogen-bond acceptors (Lipinski definition) is 10. The van der Waals surface area contributed by atoms with E-state index in [0.717, 1.165) is 16.7 Å². The van der Waals surface area contributed by atoms with Gasteiger partial charge in [0.05, 0.1) is 47.3 Å². The molecule has 3 aromatic carbocycles. The lowest BCUT2D eigenvalue weighted by molar-refractivity contribution is -0.141. The number of carbonyl (C=O) groups excluding carboxylic acids is 3. The Balaban J connectivity index is 1.61. The molecule has 0 spiro atoms. The van der Waals surface area contributed by atoms with Crippen LogP contribution >= 0.6 is 0 Å². The van der Waals surface area contributed by atoms with E-state index in [1.807, 2.05) is 19.9 Å². The summed E-state index contributed by atoms with van der Waals surface area (Å²) in [7, 11) is 7.68. The molecule has 3 amide bonds. The van der Waals surface area contributed by atoms with Crippen molar-refractivity contribution in [1.82, 2.24) is 10.2 Å². The topological polar surface area (TPSA) is 168 Å². The molecule has 0 unspecified atom stereocenters. The average Bonchev–Trinajstić information content (AvgIpc) is 3.36. The smallest absolute Gasteiger partial charge is 0.246 e. The Bertz CT molecular complexity index is 1930. The zero-order chi connectivity index (χ0) is 37.9. The van der Waals surface area contributed by atoms with Crippen molar-refractivity contribution in [2.45, 2.75) is 71.1 Å². The van der Waals surface area contributed by atoms with E-state index in [-0.39, 0.29) is 41.8 Å². The minimum absolute atomic E-state index is 0.0434. The van der Waals surface area contributed by atoms with Crippen LogP contribution in [0.15, 0.2) is 41.2 Å².